The molecule has 0 saturated carbocycles. The van der Waals surface area contributed by atoms with Crippen LogP contribution >= 0.6 is 0 Å². The Bertz CT molecular complexity index is 1180. The quantitative estimate of drug-likeness (QED) is 0.0568. The second kappa shape index (κ2) is 21.6. The molecule has 0 fully saturated rings. The Hall–Kier alpha value is -4.32. The summed E-state index contributed by atoms with van der Waals surface area (Å²) >= 11 is 0. The number of carbonyl (C=O) groups is 8. The molecule has 0 aliphatic heterocycles. The first-order valence-corrected chi connectivity index (χ1v) is 16.3. The Morgan fingerprint density at radius 3 is 1.65 bits per heavy atom. The van der Waals surface area contributed by atoms with Gasteiger partial charge in [-0.25, -0.2) is 0 Å². The maximum atomic E-state index is 13.3. The highest BCUT2D eigenvalue weighted by molar-refractivity contribution is 5.96. The maximum Gasteiger partial charge on any atom is 0.245 e. The van der Waals surface area contributed by atoms with E-state index in [1.54, 1.807) is 27.7 Å². The summed E-state index contributed by atoms with van der Waals surface area (Å²) in [5, 5.41) is 36.4. The minimum atomic E-state index is -1.43. The molecule has 0 unspecified atom stereocenters. The number of rotatable bonds is 21. The predicted molar refractivity (Wildman–Crippen MR) is 178 cm³/mol. The fourth-order valence-electron chi connectivity index (χ4n) is 4.49. The maximum absolute atomic E-state index is 13.3. The van der Waals surface area contributed by atoms with Crippen LogP contribution in [0, 0.1) is 17.8 Å². The van der Waals surface area contributed by atoms with Crippen LogP contribution < -0.4 is 43.0 Å². The molecule has 18 nitrogen and oxygen atoms in total. The summed E-state index contributed by atoms with van der Waals surface area (Å²) in [7, 11) is 0. The van der Waals surface area contributed by atoms with E-state index >= 15 is 0 Å². The van der Waals surface area contributed by atoms with Gasteiger partial charge in [-0.05, 0) is 38.0 Å². The van der Waals surface area contributed by atoms with Crippen molar-refractivity contribution in [1.82, 2.24) is 37.2 Å². The first kappa shape index (κ1) is 44.7. The van der Waals surface area contributed by atoms with Crippen LogP contribution in [0.1, 0.15) is 75.2 Å². The molecule has 0 aromatic heterocycles. The van der Waals surface area contributed by atoms with E-state index < -0.39 is 115 Å². The molecule has 11 N–H and O–H groups in total. The summed E-state index contributed by atoms with van der Waals surface area (Å²) in [5.74, 6) is -6.88. The van der Waals surface area contributed by atoms with E-state index in [1.165, 1.54) is 20.8 Å². The second-order valence-corrected chi connectivity index (χ2v) is 12.9. The molecule has 280 valence electrons. The summed E-state index contributed by atoms with van der Waals surface area (Å²) in [6.07, 6.45) is -0.559. The lowest BCUT2D eigenvalue weighted by atomic mass is 9.96. The van der Waals surface area contributed by atoms with E-state index in [0.717, 1.165) is 0 Å². The number of aliphatic hydroxyl groups excluding tert-OH is 2. The Balaban J connectivity index is 5.50. The lowest BCUT2D eigenvalue weighted by molar-refractivity contribution is -0.136. The van der Waals surface area contributed by atoms with Crippen LogP contribution in [0.3, 0.4) is 0 Å². The third kappa shape index (κ3) is 16.1. The number of aliphatic hydroxyl groups is 2. The van der Waals surface area contributed by atoms with Gasteiger partial charge in [0, 0.05) is 6.92 Å². The SMILES string of the molecule is CC[C@H](C)[C@H](NC(=O)[C@@H](NC(=O)CNC(=O)[C@H](CO)NC(=O)[C@H](CC(C)C)NC(C)=O)C(C)C)C(=O)N[C@@H](C)C(=O)N[C@H](C(N)=O)[C@@H](C)O. The number of amides is 8. The van der Waals surface area contributed by atoms with E-state index in [4.69, 9.17) is 5.73 Å². The minimum Gasteiger partial charge on any atom is -0.394 e. The first-order chi connectivity index (χ1) is 22.7. The van der Waals surface area contributed by atoms with Crippen molar-refractivity contribution in [3.8, 4) is 0 Å². The molecule has 0 aromatic carbocycles. The highest BCUT2D eigenvalue weighted by Crippen LogP contribution is 2.11. The summed E-state index contributed by atoms with van der Waals surface area (Å²) in [6.45, 7) is 12.9. The van der Waals surface area contributed by atoms with Gasteiger partial charge in [0.2, 0.25) is 47.3 Å². The van der Waals surface area contributed by atoms with Crippen molar-refractivity contribution in [2.45, 2.75) is 118 Å². The molecule has 0 heterocycles. The third-order valence-electron chi connectivity index (χ3n) is 7.54. The molecule has 0 aliphatic carbocycles. The normalized spacial score (nSPS) is 16.0. The Morgan fingerprint density at radius 2 is 1.20 bits per heavy atom. The van der Waals surface area contributed by atoms with Gasteiger partial charge in [-0.15, -0.1) is 0 Å². The smallest absolute Gasteiger partial charge is 0.245 e. The van der Waals surface area contributed by atoms with Crippen molar-refractivity contribution in [1.29, 1.82) is 0 Å². The summed E-state index contributed by atoms with van der Waals surface area (Å²) < 4.78 is 0. The van der Waals surface area contributed by atoms with Gasteiger partial charge in [0.05, 0.1) is 19.3 Å². The number of primary amides is 1. The van der Waals surface area contributed by atoms with Crippen molar-refractivity contribution < 1.29 is 48.6 Å². The third-order valence-corrected chi connectivity index (χ3v) is 7.54. The average molecular weight is 701 g/mol. The molecule has 18 heteroatoms. The standard InChI is InChI=1S/C31H56N8O10/c1-10-16(6)24(31(49)34-17(7)27(45)39-25(18(8)41)26(32)44)38-30(48)23(15(4)5)37-22(43)12-33-28(46)21(13-40)36-29(47)20(11-14(2)3)35-19(9)42/h14-18,20-21,23-25,40-41H,10-13H2,1-9H3,(H2,32,44)(H,33,46)(H,34,49)(H,35,42)(H,36,47)(H,37,43)(H,38,48)(H,39,45)/t16-,17-,18+,20-,21-,23-,24-,25-/m0/s1. The van der Waals surface area contributed by atoms with Crippen molar-refractivity contribution in [2.24, 2.45) is 23.5 Å². The van der Waals surface area contributed by atoms with Gasteiger partial charge in [-0.2, -0.15) is 0 Å². The lowest BCUT2D eigenvalue weighted by Gasteiger charge is -2.29. The molecule has 0 radical (unpaired) electrons. The monoisotopic (exact) mass is 700 g/mol. The van der Waals surface area contributed by atoms with E-state index in [0.29, 0.717) is 6.42 Å². The molecule has 0 aromatic rings. The van der Waals surface area contributed by atoms with Crippen LogP contribution in [-0.4, -0.2) is 113 Å². The Labute approximate surface area is 287 Å². The zero-order valence-electron chi connectivity index (χ0n) is 29.8. The predicted octanol–water partition coefficient (Wildman–Crippen LogP) is -3.34. The van der Waals surface area contributed by atoms with Crippen LogP contribution in [0.5, 0.6) is 0 Å². The van der Waals surface area contributed by atoms with E-state index in [1.807, 2.05) is 13.8 Å². The van der Waals surface area contributed by atoms with Crippen LogP contribution in [-0.2, 0) is 38.4 Å². The van der Waals surface area contributed by atoms with E-state index in [2.05, 4.69) is 37.2 Å². The van der Waals surface area contributed by atoms with Crippen LogP contribution in [0.2, 0.25) is 0 Å². The topological polar surface area (TPSA) is 287 Å². The Morgan fingerprint density at radius 1 is 0.653 bits per heavy atom. The highest BCUT2D eigenvalue weighted by Gasteiger charge is 2.34. The molecule has 8 atom stereocenters. The fraction of sp³-hybridized carbons (Fsp3) is 0.742. The van der Waals surface area contributed by atoms with Crippen molar-refractivity contribution in [3.63, 3.8) is 0 Å². The fourth-order valence-corrected chi connectivity index (χ4v) is 4.49. The number of nitrogens with two attached hydrogens (primary N) is 1. The van der Waals surface area contributed by atoms with Gasteiger partial charge in [0.1, 0.15) is 36.3 Å². The van der Waals surface area contributed by atoms with Crippen LogP contribution in [0.25, 0.3) is 0 Å². The largest absolute Gasteiger partial charge is 0.394 e. The molecular weight excluding hydrogens is 644 g/mol. The van der Waals surface area contributed by atoms with Crippen molar-refractivity contribution in [2.75, 3.05) is 13.2 Å². The van der Waals surface area contributed by atoms with E-state index in [9.17, 15) is 48.6 Å². The molecule has 0 bridgehead atoms. The zero-order valence-corrected chi connectivity index (χ0v) is 29.8. The van der Waals surface area contributed by atoms with Crippen molar-refractivity contribution in [3.05, 3.63) is 0 Å². The lowest BCUT2D eigenvalue weighted by Crippen LogP contribution is -2.60. The molecule has 0 spiro atoms. The Kier molecular flexibility index (Phi) is 19.7. The van der Waals surface area contributed by atoms with Gasteiger partial charge in [0.25, 0.3) is 0 Å². The number of hydrogen-bond acceptors (Lipinski definition) is 10. The first-order valence-electron chi connectivity index (χ1n) is 16.3. The molecule has 0 rings (SSSR count). The highest BCUT2D eigenvalue weighted by atomic mass is 16.3. The van der Waals surface area contributed by atoms with Gasteiger partial charge in [-0.1, -0.05) is 48.0 Å². The van der Waals surface area contributed by atoms with Gasteiger partial charge < -0.3 is 53.2 Å². The molecule has 49 heavy (non-hydrogen) atoms. The van der Waals surface area contributed by atoms with Crippen LogP contribution in [0.15, 0.2) is 0 Å². The van der Waals surface area contributed by atoms with Crippen molar-refractivity contribution >= 4 is 47.3 Å². The van der Waals surface area contributed by atoms with Gasteiger partial charge in [-0.3, -0.25) is 38.4 Å². The number of nitrogens with one attached hydrogen (secondary N) is 7. The molecular formula is C31H56N8O10. The summed E-state index contributed by atoms with van der Waals surface area (Å²) in [4.78, 5) is 100. The molecule has 0 aliphatic rings. The summed E-state index contributed by atoms with van der Waals surface area (Å²) in [6, 6.07) is -7.24. The van der Waals surface area contributed by atoms with Crippen LogP contribution in [0.4, 0.5) is 0 Å². The number of hydrogen-bond donors (Lipinski definition) is 10. The number of carbonyl (C=O) groups excluding carboxylic acids is 8. The molecule has 0 saturated heterocycles. The average Bonchev–Trinajstić information content (AvgIpc) is 3.00. The van der Waals surface area contributed by atoms with Gasteiger partial charge in [0.15, 0.2) is 0 Å². The summed E-state index contributed by atoms with van der Waals surface area (Å²) in [5.41, 5.74) is 5.21. The van der Waals surface area contributed by atoms with E-state index in [-0.39, 0.29) is 12.3 Å². The minimum absolute atomic E-state index is 0.0303. The zero-order chi connectivity index (χ0) is 38.2. The van der Waals surface area contributed by atoms with Gasteiger partial charge >= 0.3 is 0 Å². The second-order valence-electron chi connectivity index (χ2n) is 12.9. The molecule has 8 amide bonds.